The first-order valence-corrected chi connectivity index (χ1v) is 9.98. The molecule has 6 nitrogen and oxygen atoms in total. The molecule has 0 saturated carbocycles. The lowest BCUT2D eigenvalue weighted by molar-refractivity contribution is 0.0526. The van der Waals surface area contributed by atoms with Gasteiger partial charge in [0.05, 0.1) is 12.2 Å². The van der Waals surface area contributed by atoms with Gasteiger partial charge in [-0.25, -0.2) is 4.79 Å². The Bertz CT molecular complexity index is 840. The first-order valence-electron chi connectivity index (χ1n) is 9.98. The van der Waals surface area contributed by atoms with E-state index in [9.17, 15) is 14.4 Å². The van der Waals surface area contributed by atoms with E-state index in [2.05, 4.69) is 5.32 Å². The van der Waals surface area contributed by atoms with Gasteiger partial charge in [0.15, 0.2) is 0 Å². The first kappa shape index (κ1) is 22.1. The van der Waals surface area contributed by atoms with Gasteiger partial charge in [0, 0.05) is 29.9 Å². The SMILES string of the molecule is CCCN(CCC)C(=O)c1cccc(C(=O)Nc2ccc(C(=O)OCC)cc2)c1. The highest BCUT2D eigenvalue weighted by Crippen LogP contribution is 2.14. The summed E-state index contributed by atoms with van der Waals surface area (Å²) in [6.45, 7) is 7.50. The largest absolute Gasteiger partial charge is 0.462 e. The van der Waals surface area contributed by atoms with Crippen molar-refractivity contribution >= 4 is 23.5 Å². The molecule has 29 heavy (non-hydrogen) atoms. The molecule has 0 radical (unpaired) electrons. The number of hydrogen-bond acceptors (Lipinski definition) is 4. The fourth-order valence-electron chi connectivity index (χ4n) is 2.94. The molecule has 0 fully saturated rings. The van der Waals surface area contributed by atoms with E-state index in [4.69, 9.17) is 4.74 Å². The van der Waals surface area contributed by atoms with Crippen molar-refractivity contribution in [3.63, 3.8) is 0 Å². The summed E-state index contributed by atoms with van der Waals surface area (Å²) in [6, 6.07) is 13.2. The molecular weight excluding hydrogens is 368 g/mol. The van der Waals surface area contributed by atoms with Crippen LogP contribution in [0.3, 0.4) is 0 Å². The topological polar surface area (TPSA) is 75.7 Å². The minimum Gasteiger partial charge on any atom is -0.462 e. The molecule has 0 saturated heterocycles. The third-order valence-corrected chi connectivity index (χ3v) is 4.30. The minimum atomic E-state index is -0.402. The summed E-state index contributed by atoms with van der Waals surface area (Å²) >= 11 is 0. The second-order valence-corrected chi connectivity index (χ2v) is 6.62. The van der Waals surface area contributed by atoms with Crippen LogP contribution in [0.2, 0.25) is 0 Å². The van der Waals surface area contributed by atoms with Crippen LogP contribution in [0.1, 0.15) is 64.7 Å². The van der Waals surface area contributed by atoms with Gasteiger partial charge in [0.1, 0.15) is 0 Å². The van der Waals surface area contributed by atoms with Crippen molar-refractivity contribution in [3.05, 3.63) is 65.2 Å². The highest BCUT2D eigenvalue weighted by Gasteiger charge is 2.16. The van der Waals surface area contributed by atoms with Crippen LogP contribution < -0.4 is 5.32 Å². The molecule has 0 aliphatic heterocycles. The summed E-state index contributed by atoms with van der Waals surface area (Å²) in [4.78, 5) is 38.9. The number of esters is 1. The Morgan fingerprint density at radius 3 is 2.07 bits per heavy atom. The van der Waals surface area contributed by atoms with Crippen molar-refractivity contribution in [2.75, 3.05) is 25.0 Å². The molecule has 0 aliphatic carbocycles. The summed E-state index contributed by atoms with van der Waals surface area (Å²) in [6.07, 6.45) is 1.77. The number of anilines is 1. The summed E-state index contributed by atoms with van der Waals surface area (Å²) in [5, 5.41) is 2.79. The molecule has 0 aliphatic rings. The number of hydrogen-bond donors (Lipinski definition) is 1. The Kier molecular flexibility index (Phi) is 8.40. The Labute approximate surface area is 171 Å². The molecule has 0 atom stereocenters. The standard InChI is InChI=1S/C23H28N2O4/c1-4-14-25(15-5-2)22(27)19-9-7-8-18(16-19)21(26)24-20-12-10-17(11-13-20)23(28)29-6-3/h7-13,16H,4-6,14-15H2,1-3H3,(H,24,26). The zero-order valence-corrected chi connectivity index (χ0v) is 17.2. The normalized spacial score (nSPS) is 10.3. The molecular formula is C23H28N2O4. The maximum absolute atomic E-state index is 12.8. The van der Waals surface area contributed by atoms with Crippen molar-refractivity contribution in [2.24, 2.45) is 0 Å². The average Bonchev–Trinajstić information content (AvgIpc) is 2.74. The molecule has 0 spiro atoms. The predicted molar refractivity (Wildman–Crippen MR) is 113 cm³/mol. The molecule has 0 aromatic heterocycles. The van der Waals surface area contributed by atoms with Crippen molar-refractivity contribution < 1.29 is 19.1 Å². The van der Waals surface area contributed by atoms with E-state index >= 15 is 0 Å². The molecule has 0 heterocycles. The molecule has 2 amide bonds. The van der Waals surface area contributed by atoms with E-state index < -0.39 is 5.97 Å². The van der Waals surface area contributed by atoms with Crippen LogP contribution in [0, 0.1) is 0 Å². The lowest BCUT2D eigenvalue weighted by Gasteiger charge is -2.21. The van der Waals surface area contributed by atoms with Crippen molar-refractivity contribution in [3.8, 4) is 0 Å². The van der Waals surface area contributed by atoms with Gasteiger partial charge in [0.25, 0.3) is 11.8 Å². The third kappa shape index (κ3) is 6.17. The number of carbonyl (C=O) groups is 3. The number of carbonyl (C=O) groups excluding carboxylic acids is 3. The van der Waals surface area contributed by atoms with Gasteiger partial charge in [-0.15, -0.1) is 0 Å². The number of amides is 2. The van der Waals surface area contributed by atoms with E-state index in [-0.39, 0.29) is 11.8 Å². The fraction of sp³-hybridized carbons (Fsp3) is 0.348. The number of rotatable bonds is 9. The molecule has 0 unspecified atom stereocenters. The van der Waals surface area contributed by atoms with Gasteiger partial charge in [-0.3, -0.25) is 9.59 Å². The van der Waals surface area contributed by atoms with Gasteiger partial charge in [-0.05, 0) is 62.2 Å². The highest BCUT2D eigenvalue weighted by molar-refractivity contribution is 6.06. The van der Waals surface area contributed by atoms with Crippen LogP contribution in [0.15, 0.2) is 48.5 Å². The first-order chi connectivity index (χ1) is 14.0. The van der Waals surface area contributed by atoms with Crippen molar-refractivity contribution in [1.82, 2.24) is 4.90 Å². The van der Waals surface area contributed by atoms with E-state index in [0.717, 1.165) is 12.8 Å². The summed E-state index contributed by atoms with van der Waals surface area (Å²) in [7, 11) is 0. The number of nitrogens with zero attached hydrogens (tertiary/aromatic N) is 1. The molecule has 2 rings (SSSR count). The van der Waals surface area contributed by atoms with Gasteiger partial charge in [-0.2, -0.15) is 0 Å². The van der Waals surface area contributed by atoms with Gasteiger partial charge in [-0.1, -0.05) is 19.9 Å². The second kappa shape index (κ2) is 11.0. The van der Waals surface area contributed by atoms with Crippen LogP contribution in [-0.4, -0.2) is 42.4 Å². The van der Waals surface area contributed by atoms with E-state index in [1.54, 1.807) is 55.5 Å². The van der Waals surface area contributed by atoms with E-state index in [1.807, 2.05) is 18.7 Å². The summed E-state index contributed by atoms with van der Waals surface area (Å²) in [5.41, 5.74) is 1.87. The smallest absolute Gasteiger partial charge is 0.338 e. The van der Waals surface area contributed by atoms with Gasteiger partial charge >= 0.3 is 5.97 Å². The predicted octanol–water partition coefficient (Wildman–Crippen LogP) is 4.38. The van der Waals surface area contributed by atoms with E-state index in [1.165, 1.54) is 0 Å². The molecule has 6 heteroatoms. The molecule has 2 aromatic rings. The van der Waals surface area contributed by atoms with Crippen molar-refractivity contribution in [1.29, 1.82) is 0 Å². The van der Waals surface area contributed by atoms with Crippen LogP contribution in [-0.2, 0) is 4.74 Å². The van der Waals surface area contributed by atoms with Gasteiger partial charge < -0.3 is 15.0 Å². The fourth-order valence-corrected chi connectivity index (χ4v) is 2.94. The lowest BCUT2D eigenvalue weighted by atomic mass is 10.1. The second-order valence-electron chi connectivity index (χ2n) is 6.62. The monoisotopic (exact) mass is 396 g/mol. The van der Waals surface area contributed by atoms with Crippen LogP contribution >= 0.6 is 0 Å². The lowest BCUT2D eigenvalue weighted by Crippen LogP contribution is -2.32. The number of benzene rings is 2. The zero-order chi connectivity index (χ0) is 21.2. The maximum Gasteiger partial charge on any atom is 0.338 e. The number of ether oxygens (including phenoxy) is 1. The van der Waals surface area contributed by atoms with Crippen molar-refractivity contribution in [2.45, 2.75) is 33.6 Å². The maximum atomic E-state index is 12.8. The molecule has 0 bridgehead atoms. The van der Waals surface area contributed by atoms with E-state index in [0.29, 0.717) is 42.1 Å². The highest BCUT2D eigenvalue weighted by atomic mass is 16.5. The summed E-state index contributed by atoms with van der Waals surface area (Å²) < 4.78 is 4.95. The Hall–Kier alpha value is -3.15. The minimum absolute atomic E-state index is 0.0675. The van der Waals surface area contributed by atoms with Gasteiger partial charge in [0.2, 0.25) is 0 Å². The molecule has 1 N–H and O–H groups in total. The molecule has 154 valence electrons. The number of nitrogens with one attached hydrogen (secondary N) is 1. The average molecular weight is 396 g/mol. The third-order valence-electron chi connectivity index (χ3n) is 4.30. The van der Waals surface area contributed by atoms with Crippen LogP contribution in [0.5, 0.6) is 0 Å². The van der Waals surface area contributed by atoms with Crippen LogP contribution in [0.25, 0.3) is 0 Å². The Balaban J connectivity index is 2.11. The quantitative estimate of drug-likeness (QED) is 0.638. The zero-order valence-electron chi connectivity index (χ0n) is 17.2. The Morgan fingerprint density at radius 1 is 0.862 bits per heavy atom. The summed E-state index contributed by atoms with van der Waals surface area (Å²) in [5.74, 6) is -0.788. The molecule has 2 aromatic carbocycles. The van der Waals surface area contributed by atoms with Crippen LogP contribution in [0.4, 0.5) is 5.69 Å². The Morgan fingerprint density at radius 2 is 1.48 bits per heavy atom.